The Morgan fingerprint density at radius 1 is 1.29 bits per heavy atom. The molecule has 3 amide bonds. The fourth-order valence-electron chi connectivity index (χ4n) is 2.60. The van der Waals surface area contributed by atoms with E-state index in [9.17, 15) is 24.3 Å². The molecule has 1 saturated heterocycles. The smallest absolute Gasteiger partial charge is 0.310 e. The van der Waals surface area contributed by atoms with Gasteiger partial charge in [-0.3, -0.25) is 24.5 Å². The number of carboxylic acid groups (broad SMARTS) is 1. The van der Waals surface area contributed by atoms with Gasteiger partial charge in [-0.05, 0) is 19.3 Å². The third-order valence-electron chi connectivity index (χ3n) is 4.26. The average molecular weight is 298 g/mol. The van der Waals surface area contributed by atoms with Crippen molar-refractivity contribution >= 4 is 23.7 Å². The molecule has 118 valence electrons. The molecule has 0 bridgehead atoms. The number of hydrogen-bond acceptors (Lipinski definition) is 4. The summed E-state index contributed by atoms with van der Waals surface area (Å²) < 4.78 is 0. The van der Waals surface area contributed by atoms with Crippen molar-refractivity contribution in [3.8, 4) is 0 Å². The summed E-state index contributed by atoms with van der Waals surface area (Å²) in [5, 5.41) is 11.6. The van der Waals surface area contributed by atoms with E-state index in [4.69, 9.17) is 0 Å². The number of nitrogens with zero attached hydrogens (tertiary/aromatic N) is 1. The van der Waals surface area contributed by atoms with Gasteiger partial charge in [-0.25, -0.2) is 0 Å². The van der Waals surface area contributed by atoms with Crippen LogP contribution in [0.5, 0.6) is 0 Å². The summed E-state index contributed by atoms with van der Waals surface area (Å²) in [6, 6.07) is -0.713. The van der Waals surface area contributed by atoms with Gasteiger partial charge in [0.25, 0.3) is 0 Å². The van der Waals surface area contributed by atoms with E-state index in [2.05, 4.69) is 5.32 Å². The zero-order valence-corrected chi connectivity index (χ0v) is 12.6. The molecule has 1 aliphatic rings. The highest BCUT2D eigenvalue weighted by Gasteiger charge is 2.42. The Balaban J connectivity index is 2.97. The highest BCUT2D eigenvalue weighted by molar-refractivity contribution is 6.04. The van der Waals surface area contributed by atoms with Gasteiger partial charge in [-0.2, -0.15) is 0 Å². The first-order valence-corrected chi connectivity index (χ1v) is 7.17. The summed E-state index contributed by atoms with van der Waals surface area (Å²) in [5.41, 5.74) is -1.15. The second-order valence-corrected chi connectivity index (χ2v) is 5.33. The molecule has 1 atom stereocenters. The van der Waals surface area contributed by atoms with Gasteiger partial charge < -0.3 is 10.0 Å². The van der Waals surface area contributed by atoms with Crippen molar-refractivity contribution in [2.75, 3.05) is 6.54 Å². The van der Waals surface area contributed by atoms with Gasteiger partial charge >= 0.3 is 5.97 Å². The van der Waals surface area contributed by atoms with E-state index in [0.717, 1.165) is 0 Å². The molecule has 0 aromatic heterocycles. The zero-order chi connectivity index (χ0) is 16.2. The molecule has 0 aliphatic carbocycles. The Labute approximate surface area is 123 Å². The van der Waals surface area contributed by atoms with Crippen molar-refractivity contribution in [2.45, 2.75) is 52.5 Å². The monoisotopic (exact) mass is 298 g/mol. The third-order valence-corrected chi connectivity index (χ3v) is 4.26. The van der Waals surface area contributed by atoms with E-state index < -0.39 is 35.1 Å². The Bertz CT molecular complexity index is 456. The molecule has 21 heavy (non-hydrogen) atoms. The lowest BCUT2D eigenvalue weighted by molar-refractivity contribution is -0.157. The highest BCUT2D eigenvalue weighted by atomic mass is 16.4. The van der Waals surface area contributed by atoms with Crippen molar-refractivity contribution in [1.29, 1.82) is 0 Å². The molecule has 1 fully saturated rings. The van der Waals surface area contributed by atoms with Crippen LogP contribution in [0.15, 0.2) is 0 Å². The molecular weight excluding hydrogens is 276 g/mol. The summed E-state index contributed by atoms with van der Waals surface area (Å²) in [6.45, 7) is 4.98. The molecule has 7 nitrogen and oxygen atoms in total. The Hall–Kier alpha value is -1.92. The van der Waals surface area contributed by atoms with Crippen LogP contribution in [-0.2, 0) is 19.2 Å². The minimum absolute atomic E-state index is 0.202. The van der Waals surface area contributed by atoms with Crippen LogP contribution in [-0.4, -0.2) is 46.3 Å². The lowest BCUT2D eigenvalue weighted by Gasteiger charge is -2.36. The Morgan fingerprint density at radius 3 is 2.29 bits per heavy atom. The molecule has 0 aromatic carbocycles. The number of nitrogens with one attached hydrogen (secondary N) is 1. The summed E-state index contributed by atoms with van der Waals surface area (Å²) >= 11 is 0. The number of carbonyl (C=O) groups excluding carboxylic acids is 3. The fraction of sp³-hybridized carbons (Fsp3) is 0.714. The topological polar surface area (TPSA) is 104 Å². The van der Waals surface area contributed by atoms with Crippen molar-refractivity contribution in [3.63, 3.8) is 0 Å². The van der Waals surface area contributed by atoms with E-state index >= 15 is 0 Å². The maximum absolute atomic E-state index is 12.4. The number of piperazine rings is 1. The van der Waals surface area contributed by atoms with Crippen molar-refractivity contribution < 1.29 is 24.3 Å². The predicted molar refractivity (Wildman–Crippen MR) is 74.2 cm³/mol. The number of imide groups is 1. The second kappa shape index (κ2) is 6.69. The molecule has 1 rings (SSSR count). The molecule has 0 radical (unpaired) electrons. The van der Waals surface area contributed by atoms with Crippen LogP contribution in [0.3, 0.4) is 0 Å². The van der Waals surface area contributed by atoms with E-state index in [1.54, 1.807) is 20.8 Å². The lowest BCUT2D eigenvalue weighted by Crippen LogP contribution is -2.60. The number of hydrogen-bond donors (Lipinski definition) is 2. The first-order valence-electron chi connectivity index (χ1n) is 7.17. The standard InChI is InChI=1S/C14H22N2O5/c1-4-9-12(19)15-10(17)8-16(9)11(18)7-14(5-2,6-3)13(20)21/h9H,4-8H2,1-3H3,(H,20,21)(H,15,17,19). The molecule has 0 spiro atoms. The van der Waals surface area contributed by atoms with Gasteiger partial charge in [0.15, 0.2) is 0 Å². The number of carboxylic acids is 1. The maximum Gasteiger partial charge on any atom is 0.310 e. The number of carbonyl (C=O) groups is 4. The molecule has 1 heterocycles. The van der Waals surface area contributed by atoms with Gasteiger partial charge in [-0.1, -0.05) is 20.8 Å². The van der Waals surface area contributed by atoms with Crippen molar-refractivity contribution in [2.24, 2.45) is 5.41 Å². The summed E-state index contributed by atoms with van der Waals surface area (Å²) in [4.78, 5) is 48.3. The van der Waals surface area contributed by atoms with Gasteiger partial charge in [0.1, 0.15) is 12.6 Å². The predicted octanol–water partition coefficient (Wildman–Crippen LogP) is 0.531. The lowest BCUT2D eigenvalue weighted by atomic mass is 9.78. The Kier molecular flexibility index (Phi) is 5.46. The first-order chi connectivity index (χ1) is 9.81. The molecule has 1 aliphatic heterocycles. The summed E-state index contributed by atoms with van der Waals surface area (Å²) in [6.07, 6.45) is 0.806. The summed E-state index contributed by atoms with van der Waals surface area (Å²) in [5.74, 6) is -2.53. The number of rotatable bonds is 6. The molecular formula is C14H22N2O5. The fourth-order valence-corrected chi connectivity index (χ4v) is 2.60. The molecule has 0 saturated carbocycles. The van der Waals surface area contributed by atoms with Crippen molar-refractivity contribution in [3.05, 3.63) is 0 Å². The SMILES string of the molecule is CCC1C(=O)NC(=O)CN1C(=O)CC(CC)(CC)C(=O)O. The van der Waals surface area contributed by atoms with E-state index in [1.165, 1.54) is 4.90 Å². The van der Waals surface area contributed by atoms with Crippen LogP contribution < -0.4 is 5.32 Å². The minimum atomic E-state index is -1.15. The normalized spacial score (nSPS) is 19.4. The number of amides is 3. The Morgan fingerprint density at radius 2 is 1.86 bits per heavy atom. The number of aliphatic carboxylic acids is 1. The van der Waals surface area contributed by atoms with Crippen LogP contribution in [0, 0.1) is 5.41 Å². The first kappa shape index (κ1) is 17.1. The molecule has 2 N–H and O–H groups in total. The second-order valence-electron chi connectivity index (χ2n) is 5.33. The third kappa shape index (κ3) is 3.40. The van der Waals surface area contributed by atoms with Crippen LogP contribution in [0.1, 0.15) is 46.5 Å². The minimum Gasteiger partial charge on any atom is -0.481 e. The molecule has 1 unspecified atom stereocenters. The van der Waals surface area contributed by atoms with Gasteiger partial charge in [0.05, 0.1) is 5.41 Å². The van der Waals surface area contributed by atoms with Gasteiger partial charge in [-0.15, -0.1) is 0 Å². The van der Waals surface area contributed by atoms with Crippen LogP contribution in [0.2, 0.25) is 0 Å². The van der Waals surface area contributed by atoms with E-state index in [1.807, 2.05) is 0 Å². The van der Waals surface area contributed by atoms with Gasteiger partial charge in [0, 0.05) is 6.42 Å². The van der Waals surface area contributed by atoms with Crippen molar-refractivity contribution in [1.82, 2.24) is 10.2 Å². The van der Waals surface area contributed by atoms with Crippen LogP contribution in [0.4, 0.5) is 0 Å². The largest absolute Gasteiger partial charge is 0.481 e. The highest BCUT2D eigenvalue weighted by Crippen LogP contribution is 2.32. The maximum atomic E-state index is 12.4. The van der Waals surface area contributed by atoms with Gasteiger partial charge in [0.2, 0.25) is 17.7 Å². The average Bonchev–Trinajstić information content (AvgIpc) is 2.43. The van der Waals surface area contributed by atoms with Crippen LogP contribution >= 0.6 is 0 Å². The van der Waals surface area contributed by atoms with E-state index in [0.29, 0.717) is 19.3 Å². The zero-order valence-electron chi connectivity index (χ0n) is 12.6. The quantitative estimate of drug-likeness (QED) is 0.696. The molecule has 7 heteroatoms. The summed E-state index contributed by atoms with van der Waals surface area (Å²) in [7, 11) is 0. The molecule has 0 aromatic rings. The van der Waals surface area contributed by atoms with Crippen LogP contribution in [0.25, 0.3) is 0 Å². The van der Waals surface area contributed by atoms with E-state index in [-0.39, 0.29) is 13.0 Å².